The maximum Gasteiger partial charge on any atom is 0.387 e. The van der Waals surface area contributed by atoms with Crippen LogP contribution in [0.15, 0.2) is 24.3 Å². The van der Waals surface area contributed by atoms with E-state index in [2.05, 4.69) is 4.74 Å². The molecule has 0 saturated heterocycles. The summed E-state index contributed by atoms with van der Waals surface area (Å²) in [5, 5.41) is 0. The second-order valence-corrected chi connectivity index (χ2v) is 7.78. The van der Waals surface area contributed by atoms with Gasteiger partial charge in [0.25, 0.3) is 0 Å². The number of alkyl halides is 2. The van der Waals surface area contributed by atoms with Crippen LogP contribution in [0.25, 0.3) is 0 Å². The highest BCUT2D eigenvalue weighted by molar-refractivity contribution is 5.27. The minimum absolute atomic E-state index is 0.258. The molecule has 1 nitrogen and oxygen atoms in total. The molecule has 0 heterocycles. The number of aryl methyl sites for hydroxylation is 1. The van der Waals surface area contributed by atoms with E-state index in [1.165, 1.54) is 76.2 Å². The maximum absolute atomic E-state index is 12.2. The minimum Gasteiger partial charge on any atom is -0.435 e. The minimum atomic E-state index is -2.74. The number of hydrogen-bond acceptors (Lipinski definition) is 1. The first-order chi connectivity index (χ1) is 11.7. The molecule has 0 atom stereocenters. The summed E-state index contributed by atoms with van der Waals surface area (Å²) < 4.78 is 28.9. The van der Waals surface area contributed by atoms with E-state index in [9.17, 15) is 8.78 Å². The second-order valence-electron chi connectivity index (χ2n) is 7.78. The van der Waals surface area contributed by atoms with Crippen molar-refractivity contribution in [1.29, 1.82) is 0 Å². The number of rotatable bonds is 6. The van der Waals surface area contributed by atoms with Crippen molar-refractivity contribution in [3.8, 4) is 5.75 Å². The van der Waals surface area contributed by atoms with Crippen molar-refractivity contribution in [2.24, 2.45) is 11.3 Å². The SMILES string of the molecule is FC(F)Oc1ccc(CCC2(C3CCCCC3)CCCCC2)cc1. The zero-order valence-corrected chi connectivity index (χ0v) is 14.6. The average Bonchev–Trinajstić information content (AvgIpc) is 2.62. The molecule has 0 amide bonds. The van der Waals surface area contributed by atoms with E-state index < -0.39 is 6.61 Å². The molecule has 0 spiro atoms. The van der Waals surface area contributed by atoms with Gasteiger partial charge < -0.3 is 4.74 Å². The Morgan fingerprint density at radius 3 is 2.17 bits per heavy atom. The van der Waals surface area contributed by atoms with Gasteiger partial charge in [-0.2, -0.15) is 8.78 Å². The summed E-state index contributed by atoms with van der Waals surface area (Å²) in [5.74, 6) is 1.17. The van der Waals surface area contributed by atoms with Crippen LogP contribution in [-0.4, -0.2) is 6.61 Å². The van der Waals surface area contributed by atoms with E-state index in [1.54, 1.807) is 12.1 Å². The van der Waals surface area contributed by atoms with Gasteiger partial charge in [0.15, 0.2) is 0 Å². The van der Waals surface area contributed by atoms with Gasteiger partial charge in [0.1, 0.15) is 5.75 Å². The monoisotopic (exact) mass is 336 g/mol. The molecule has 0 radical (unpaired) electrons. The summed E-state index contributed by atoms with van der Waals surface area (Å²) in [7, 11) is 0. The van der Waals surface area contributed by atoms with E-state index >= 15 is 0 Å². The predicted molar refractivity (Wildman–Crippen MR) is 93.5 cm³/mol. The van der Waals surface area contributed by atoms with Crippen molar-refractivity contribution in [3.05, 3.63) is 29.8 Å². The molecule has 2 saturated carbocycles. The lowest BCUT2D eigenvalue weighted by Crippen LogP contribution is -2.35. The summed E-state index contributed by atoms with van der Waals surface area (Å²) in [6.45, 7) is -2.74. The van der Waals surface area contributed by atoms with Crippen LogP contribution in [0.2, 0.25) is 0 Å². The topological polar surface area (TPSA) is 9.23 Å². The molecule has 3 rings (SSSR count). The van der Waals surface area contributed by atoms with E-state index in [0.29, 0.717) is 5.41 Å². The molecule has 2 aliphatic carbocycles. The molecule has 0 bridgehead atoms. The van der Waals surface area contributed by atoms with Crippen molar-refractivity contribution in [2.75, 3.05) is 0 Å². The predicted octanol–water partition coefficient (Wildman–Crippen LogP) is 6.75. The van der Waals surface area contributed by atoms with Gasteiger partial charge in [-0.05, 0) is 67.6 Å². The van der Waals surface area contributed by atoms with Gasteiger partial charge >= 0.3 is 6.61 Å². The van der Waals surface area contributed by atoms with Crippen molar-refractivity contribution >= 4 is 0 Å². The lowest BCUT2D eigenvalue weighted by atomic mass is 9.59. The van der Waals surface area contributed by atoms with Crippen LogP contribution in [0, 0.1) is 11.3 Å². The van der Waals surface area contributed by atoms with Gasteiger partial charge in [-0.3, -0.25) is 0 Å². The van der Waals surface area contributed by atoms with Crippen molar-refractivity contribution in [3.63, 3.8) is 0 Å². The van der Waals surface area contributed by atoms with Crippen molar-refractivity contribution < 1.29 is 13.5 Å². The highest BCUT2D eigenvalue weighted by atomic mass is 19.3. The molecule has 1 aromatic rings. The third-order valence-corrected chi connectivity index (χ3v) is 6.38. The third-order valence-electron chi connectivity index (χ3n) is 6.38. The van der Waals surface area contributed by atoms with Crippen molar-refractivity contribution in [1.82, 2.24) is 0 Å². The molecule has 2 fully saturated rings. The first kappa shape index (κ1) is 17.7. The van der Waals surface area contributed by atoms with Crippen LogP contribution >= 0.6 is 0 Å². The Labute approximate surface area is 144 Å². The van der Waals surface area contributed by atoms with Crippen LogP contribution in [0.4, 0.5) is 8.78 Å². The summed E-state index contributed by atoms with van der Waals surface area (Å²) in [6, 6.07) is 7.26. The number of hydrogen-bond donors (Lipinski definition) is 0. The maximum atomic E-state index is 12.2. The van der Waals surface area contributed by atoms with Gasteiger partial charge in [-0.25, -0.2) is 0 Å². The van der Waals surface area contributed by atoms with Crippen molar-refractivity contribution in [2.45, 2.75) is 83.7 Å². The molecule has 0 unspecified atom stereocenters. The summed E-state index contributed by atoms with van der Waals surface area (Å²) in [6.07, 6.45) is 16.3. The zero-order chi connectivity index (χ0) is 16.8. The Morgan fingerprint density at radius 1 is 0.917 bits per heavy atom. The fourth-order valence-electron chi connectivity index (χ4n) is 5.06. The standard InChI is InChI=1S/C21H30F2O/c22-20(23)24-19-11-9-17(10-12-19)13-16-21(14-5-2-6-15-21)18-7-3-1-4-8-18/h9-12,18,20H,1-8,13-16H2. The van der Waals surface area contributed by atoms with Gasteiger partial charge in [0.2, 0.25) is 0 Å². The van der Waals surface area contributed by atoms with E-state index in [1.807, 2.05) is 12.1 Å². The lowest BCUT2D eigenvalue weighted by molar-refractivity contribution is -0.0498. The van der Waals surface area contributed by atoms with Crippen LogP contribution in [0.3, 0.4) is 0 Å². The molecule has 134 valence electrons. The number of ether oxygens (including phenoxy) is 1. The second kappa shape index (κ2) is 8.31. The quantitative estimate of drug-likeness (QED) is 0.558. The Balaban J connectivity index is 1.62. The van der Waals surface area contributed by atoms with Crippen LogP contribution in [0.5, 0.6) is 5.75 Å². The third kappa shape index (κ3) is 4.49. The molecule has 0 aliphatic heterocycles. The molecule has 24 heavy (non-hydrogen) atoms. The normalized spacial score (nSPS) is 21.8. The van der Waals surface area contributed by atoms with Crippen LogP contribution in [0.1, 0.15) is 76.2 Å². The number of halogens is 2. The van der Waals surface area contributed by atoms with Gasteiger partial charge in [0.05, 0.1) is 0 Å². The summed E-state index contributed by atoms with van der Waals surface area (Å²) >= 11 is 0. The molecule has 2 aliphatic rings. The first-order valence-electron chi connectivity index (χ1n) is 9.72. The lowest BCUT2D eigenvalue weighted by Gasteiger charge is -2.46. The van der Waals surface area contributed by atoms with Gasteiger partial charge in [0, 0.05) is 0 Å². The zero-order valence-electron chi connectivity index (χ0n) is 14.6. The van der Waals surface area contributed by atoms with Gasteiger partial charge in [-0.1, -0.05) is 50.7 Å². The van der Waals surface area contributed by atoms with Gasteiger partial charge in [-0.15, -0.1) is 0 Å². The van der Waals surface area contributed by atoms with E-state index in [4.69, 9.17) is 0 Å². The smallest absolute Gasteiger partial charge is 0.387 e. The number of benzene rings is 1. The average molecular weight is 336 g/mol. The van der Waals surface area contributed by atoms with E-state index in [-0.39, 0.29) is 5.75 Å². The van der Waals surface area contributed by atoms with Crippen LogP contribution < -0.4 is 4.74 Å². The molecule has 1 aromatic carbocycles. The summed E-state index contributed by atoms with van der Waals surface area (Å²) in [4.78, 5) is 0. The van der Waals surface area contributed by atoms with E-state index in [0.717, 1.165) is 12.3 Å². The first-order valence-corrected chi connectivity index (χ1v) is 9.72. The fourth-order valence-corrected chi connectivity index (χ4v) is 5.06. The molecular weight excluding hydrogens is 306 g/mol. The Kier molecular flexibility index (Phi) is 6.13. The largest absolute Gasteiger partial charge is 0.435 e. The Bertz CT molecular complexity index is 485. The molecule has 0 N–H and O–H groups in total. The highest BCUT2D eigenvalue weighted by Crippen LogP contribution is 2.51. The summed E-state index contributed by atoms with van der Waals surface area (Å²) in [5.41, 5.74) is 1.79. The molecule has 3 heteroatoms. The van der Waals surface area contributed by atoms with Crippen LogP contribution in [-0.2, 0) is 6.42 Å². The molecule has 0 aromatic heterocycles. The fraction of sp³-hybridized carbons (Fsp3) is 0.714. The Hall–Kier alpha value is -1.12. The molecular formula is C21H30F2O. The highest BCUT2D eigenvalue weighted by Gasteiger charge is 2.39. The Morgan fingerprint density at radius 2 is 1.54 bits per heavy atom.